The first-order valence-electron chi connectivity index (χ1n) is 10.3. The van der Waals surface area contributed by atoms with Crippen molar-refractivity contribution in [2.24, 2.45) is 0 Å². The Kier molecular flexibility index (Phi) is 6.42. The molecule has 4 rings (SSSR count). The van der Waals surface area contributed by atoms with E-state index in [0.29, 0.717) is 19.5 Å². The molecule has 150 valence electrons. The zero-order chi connectivity index (χ0) is 19.3. The average molecular weight is 418 g/mol. The van der Waals surface area contributed by atoms with Gasteiger partial charge in [0, 0.05) is 29.3 Å². The molecule has 0 spiro atoms. The standard InChI is InChI=1S/C21H27N3O2S2/c25-20(14-15-6-5-13-27-15)24-12-4-8-17(24)21(26)22-11-3-10-19-23-16-7-1-2-9-18(16)28-19/h5-6,13,17H,1-4,7-12,14H2,(H,22,26). The van der Waals surface area contributed by atoms with Crippen molar-refractivity contribution in [2.75, 3.05) is 13.1 Å². The van der Waals surface area contributed by atoms with E-state index in [2.05, 4.69) is 5.32 Å². The minimum absolute atomic E-state index is 0.00420. The molecule has 2 aromatic heterocycles. The fourth-order valence-corrected chi connectivity index (χ4v) is 5.98. The Labute approximate surface area is 174 Å². The summed E-state index contributed by atoms with van der Waals surface area (Å²) in [7, 11) is 0. The van der Waals surface area contributed by atoms with Crippen LogP contribution in [0.1, 0.15) is 52.6 Å². The zero-order valence-corrected chi connectivity index (χ0v) is 17.7. The molecule has 1 aliphatic heterocycles. The minimum Gasteiger partial charge on any atom is -0.354 e. The molecular formula is C21H27N3O2S2. The Hall–Kier alpha value is -1.73. The molecule has 1 atom stereocenters. The van der Waals surface area contributed by atoms with Crippen molar-refractivity contribution < 1.29 is 9.59 Å². The number of aryl methyl sites for hydroxylation is 3. The lowest BCUT2D eigenvalue weighted by Crippen LogP contribution is -2.46. The van der Waals surface area contributed by atoms with E-state index in [9.17, 15) is 9.59 Å². The molecule has 2 aliphatic rings. The summed E-state index contributed by atoms with van der Waals surface area (Å²) < 4.78 is 0. The first-order valence-corrected chi connectivity index (χ1v) is 12.0. The van der Waals surface area contributed by atoms with Crippen LogP contribution in [0, 0.1) is 0 Å². The van der Waals surface area contributed by atoms with E-state index in [1.165, 1.54) is 34.8 Å². The first kappa shape index (κ1) is 19.6. The predicted octanol–water partition coefficient (Wildman–Crippen LogP) is 3.37. The van der Waals surface area contributed by atoms with Crippen molar-refractivity contribution >= 4 is 34.5 Å². The van der Waals surface area contributed by atoms with Crippen molar-refractivity contribution in [1.29, 1.82) is 0 Å². The Balaban J connectivity index is 1.22. The summed E-state index contributed by atoms with van der Waals surface area (Å²) in [6, 6.07) is 3.63. The summed E-state index contributed by atoms with van der Waals surface area (Å²) in [5.41, 5.74) is 1.31. The lowest BCUT2D eigenvalue weighted by molar-refractivity contribution is -0.137. The van der Waals surface area contributed by atoms with Gasteiger partial charge in [0.15, 0.2) is 0 Å². The van der Waals surface area contributed by atoms with Crippen molar-refractivity contribution in [2.45, 2.75) is 63.8 Å². The molecule has 1 N–H and O–H groups in total. The van der Waals surface area contributed by atoms with Crippen LogP contribution in [0.2, 0.25) is 0 Å². The van der Waals surface area contributed by atoms with Crippen LogP contribution in [0.4, 0.5) is 0 Å². The van der Waals surface area contributed by atoms with E-state index in [1.807, 2.05) is 28.8 Å². The normalized spacial score (nSPS) is 18.9. The number of likely N-dealkylation sites (tertiary alicyclic amines) is 1. The maximum absolute atomic E-state index is 12.6. The summed E-state index contributed by atoms with van der Waals surface area (Å²) in [5.74, 6) is 0.0592. The van der Waals surface area contributed by atoms with Gasteiger partial charge in [0.1, 0.15) is 6.04 Å². The van der Waals surface area contributed by atoms with E-state index in [1.54, 1.807) is 16.2 Å². The molecule has 0 saturated carbocycles. The smallest absolute Gasteiger partial charge is 0.242 e. The van der Waals surface area contributed by atoms with Crippen LogP contribution in [-0.2, 0) is 35.3 Å². The van der Waals surface area contributed by atoms with Gasteiger partial charge in [-0.3, -0.25) is 9.59 Å². The first-order chi connectivity index (χ1) is 13.7. The number of hydrogen-bond donors (Lipinski definition) is 1. The fourth-order valence-electron chi connectivity index (χ4n) is 4.08. The van der Waals surface area contributed by atoms with Gasteiger partial charge < -0.3 is 10.2 Å². The Morgan fingerprint density at radius 3 is 2.96 bits per heavy atom. The van der Waals surface area contributed by atoms with Crippen LogP contribution in [0.25, 0.3) is 0 Å². The number of carbonyl (C=O) groups excluding carboxylic acids is 2. The van der Waals surface area contributed by atoms with Gasteiger partial charge in [0.2, 0.25) is 11.8 Å². The third kappa shape index (κ3) is 4.63. The summed E-state index contributed by atoms with van der Waals surface area (Å²) in [5, 5.41) is 6.23. The molecule has 3 heterocycles. The summed E-state index contributed by atoms with van der Waals surface area (Å²) >= 11 is 3.44. The van der Waals surface area contributed by atoms with Crippen molar-refractivity contribution in [1.82, 2.24) is 15.2 Å². The highest BCUT2D eigenvalue weighted by Gasteiger charge is 2.33. The number of nitrogens with zero attached hydrogens (tertiary/aromatic N) is 2. The number of amides is 2. The minimum atomic E-state index is -0.306. The molecule has 0 aromatic carbocycles. The maximum atomic E-state index is 12.6. The Morgan fingerprint density at radius 1 is 1.25 bits per heavy atom. The molecule has 1 unspecified atom stereocenters. The monoisotopic (exact) mass is 417 g/mol. The van der Waals surface area contributed by atoms with Gasteiger partial charge in [0.05, 0.1) is 17.1 Å². The SMILES string of the molecule is O=C(NCCCc1nc2c(s1)CCCC2)C1CCCN1C(=O)Cc1cccs1. The van der Waals surface area contributed by atoms with E-state index < -0.39 is 0 Å². The van der Waals surface area contributed by atoms with E-state index in [0.717, 1.165) is 37.0 Å². The number of thiazole rings is 1. The second kappa shape index (κ2) is 9.18. The van der Waals surface area contributed by atoms with Crippen molar-refractivity contribution in [3.8, 4) is 0 Å². The largest absolute Gasteiger partial charge is 0.354 e. The maximum Gasteiger partial charge on any atom is 0.242 e. The van der Waals surface area contributed by atoms with Crippen LogP contribution in [0.3, 0.4) is 0 Å². The molecule has 28 heavy (non-hydrogen) atoms. The number of hydrogen-bond acceptors (Lipinski definition) is 5. The number of nitrogens with one attached hydrogen (secondary N) is 1. The topological polar surface area (TPSA) is 62.3 Å². The van der Waals surface area contributed by atoms with E-state index in [-0.39, 0.29) is 17.9 Å². The molecule has 7 heteroatoms. The van der Waals surface area contributed by atoms with Gasteiger partial charge in [-0.15, -0.1) is 22.7 Å². The quantitative estimate of drug-likeness (QED) is 0.703. The molecule has 0 bridgehead atoms. The van der Waals surface area contributed by atoms with Gasteiger partial charge >= 0.3 is 0 Å². The molecule has 5 nitrogen and oxygen atoms in total. The summed E-state index contributed by atoms with van der Waals surface area (Å²) in [4.78, 5) is 34.3. The van der Waals surface area contributed by atoms with Gasteiger partial charge in [-0.1, -0.05) is 6.07 Å². The molecule has 1 fully saturated rings. The highest BCUT2D eigenvalue weighted by Crippen LogP contribution is 2.27. The predicted molar refractivity (Wildman–Crippen MR) is 113 cm³/mol. The number of rotatable bonds is 7. The van der Waals surface area contributed by atoms with Crippen LogP contribution in [-0.4, -0.2) is 40.8 Å². The van der Waals surface area contributed by atoms with Gasteiger partial charge in [-0.25, -0.2) is 4.98 Å². The number of aromatic nitrogens is 1. The van der Waals surface area contributed by atoms with Crippen LogP contribution in [0.15, 0.2) is 17.5 Å². The summed E-state index contributed by atoms with van der Waals surface area (Å²) in [6.45, 7) is 1.33. The number of carbonyl (C=O) groups is 2. The van der Waals surface area contributed by atoms with Gasteiger partial charge in [-0.2, -0.15) is 0 Å². The second-order valence-corrected chi connectivity index (χ2v) is 9.78. The van der Waals surface area contributed by atoms with Gasteiger partial charge in [0.25, 0.3) is 0 Å². The van der Waals surface area contributed by atoms with Crippen LogP contribution in [0.5, 0.6) is 0 Å². The van der Waals surface area contributed by atoms with E-state index in [4.69, 9.17) is 4.98 Å². The Morgan fingerprint density at radius 2 is 2.14 bits per heavy atom. The van der Waals surface area contributed by atoms with Crippen molar-refractivity contribution in [3.05, 3.63) is 38.0 Å². The van der Waals surface area contributed by atoms with Gasteiger partial charge in [-0.05, 0) is 56.4 Å². The lowest BCUT2D eigenvalue weighted by Gasteiger charge is -2.23. The highest BCUT2D eigenvalue weighted by molar-refractivity contribution is 7.11. The molecule has 2 aromatic rings. The summed E-state index contributed by atoms with van der Waals surface area (Å²) in [6.07, 6.45) is 8.73. The number of fused-ring (bicyclic) bond motifs is 1. The van der Waals surface area contributed by atoms with E-state index >= 15 is 0 Å². The zero-order valence-electron chi connectivity index (χ0n) is 16.1. The third-order valence-electron chi connectivity index (χ3n) is 5.54. The molecule has 1 aliphatic carbocycles. The fraction of sp³-hybridized carbons (Fsp3) is 0.571. The highest BCUT2D eigenvalue weighted by atomic mass is 32.1. The third-order valence-corrected chi connectivity index (χ3v) is 7.63. The van der Waals surface area contributed by atoms with Crippen molar-refractivity contribution in [3.63, 3.8) is 0 Å². The molecule has 1 saturated heterocycles. The average Bonchev–Trinajstić information content (AvgIpc) is 3.44. The van der Waals surface area contributed by atoms with Crippen LogP contribution >= 0.6 is 22.7 Å². The number of thiophene rings is 1. The Bertz CT molecular complexity index is 792. The molecule has 2 amide bonds. The lowest BCUT2D eigenvalue weighted by atomic mass is 10.0. The molecular weight excluding hydrogens is 390 g/mol. The second-order valence-electron chi connectivity index (χ2n) is 7.58. The van der Waals surface area contributed by atoms with Crippen LogP contribution < -0.4 is 5.32 Å². The molecule has 0 radical (unpaired) electrons.